The Morgan fingerprint density at radius 2 is 1.64 bits per heavy atom. The molecule has 1 aliphatic heterocycles. The fourth-order valence-electron chi connectivity index (χ4n) is 2.51. The van der Waals surface area contributed by atoms with Crippen molar-refractivity contribution in [3.8, 4) is 0 Å². The Balaban J connectivity index is 0.00000288. The molecule has 0 spiro atoms. The molecular weight excluding hydrogens is 363 g/mol. The summed E-state index contributed by atoms with van der Waals surface area (Å²) in [6.07, 6.45) is 0.859. The van der Waals surface area contributed by atoms with Gasteiger partial charge in [-0.15, -0.1) is 24.8 Å². The lowest BCUT2D eigenvalue weighted by atomic mass is 10.1. The summed E-state index contributed by atoms with van der Waals surface area (Å²) in [5.74, 6) is 0.157. The summed E-state index contributed by atoms with van der Waals surface area (Å²) in [7, 11) is 3.89. The van der Waals surface area contributed by atoms with Crippen LogP contribution in [0.25, 0.3) is 0 Å². The van der Waals surface area contributed by atoms with E-state index >= 15 is 0 Å². The number of amides is 2. The number of nitrogens with zero attached hydrogens (tertiary/aromatic N) is 2. The molecule has 1 aromatic rings. The van der Waals surface area contributed by atoms with Crippen LogP contribution in [0.4, 0.5) is 5.69 Å². The van der Waals surface area contributed by atoms with Crippen LogP contribution in [0.15, 0.2) is 24.3 Å². The van der Waals surface area contributed by atoms with Gasteiger partial charge < -0.3 is 20.4 Å². The second-order valence-corrected chi connectivity index (χ2v) is 5.96. The SMILES string of the molecule is CNCCC(=O)Nc1ccc(CC(=O)N2CCN(C)CC2)cc1.Cl.Cl. The minimum absolute atomic E-state index is 0. The molecule has 0 bridgehead atoms. The normalized spacial score (nSPS) is 14.2. The molecule has 6 nitrogen and oxygen atoms in total. The maximum absolute atomic E-state index is 12.3. The van der Waals surface area contributed by atoms with Gasteiger partial charge in [-0.1, -0.05) is 12.1 Å². The Hall–Kier alpha value is -1.34. The van der Waals surface area contributed by atoms with Gasteiger partial charge in [-0.25, -0.2) is 0 Å². The molecule has 1 saturated heterocycles. The van der Waals surface area contributed by atoms with Gasteiger partial charge in [0.1, 0.15) is 0 Å². The molecule has 25 heavy (non-hydrogen) atoms. The summed E-state index contributed by atoms with van der Waals surface area (Å²) < 4.78 is 0. The number of hydrogen-bond acceptors (Lipinski definition) is 4. The van der Waals surface area contributed by atoms with Crippen LogP contribution >= 0.6 is 24.8 Å². The van der Waals surface area contributed by atoms with Gasteiger partial charge >= 0.3 is 0 Å². The molecule has 0 aliphatic carbocycles. The number of carbonyl (C=O) groups excluding carboxylic acids is 2. The highest BCUT2D eigenvalue weighted by atomic mass is 35.5. The molecule has 0 saturated carbocycles. The van der Waals surface area contributed by atoms with E-state index in [1.165, 1.54) is 0 Å². The van der Waals surface area contributed by atoms with E-state index in [4.69, 9.17) is 0 Å². The van der Waals surface area contributed by atoms with Crippen molar-refractivity contribution in [2.24, 2.45) is 0 Å². The zero-order chi connectivity index (χ0) is 16.7. The number of anilines is 1. The summed E-state index contributed by atoms with van der Waals surface area (Å²) in [5.41, 5.74) is 1.74. The zero-order valence-corrected chi connectivity index (χ0v) is 16.4. The quantitative estimate of drug-likeness (QED) is 0.770. The molecule has 0 radical (unpaired) electrons. The number of piperazine rings is 1. The minimum Gasteiger partial charge on any atom is -0.340 e. The Labute approximate surface area is 162 Å². The van der Waals surface area contributed by atoms with Crippen molar-refractivity contribution in [2.75, 3.05) is 52.1 Å². The van der Waals surface area contributed by atoms with Gasteiger partial charge in [0.25, 0.3) is 0 Å². The van der Waals surface area contributed by atoms with Gasteiger partial charge in [-0.05, 0) is 31.8 Å². The molecule has 1 aliphatic rings. The Bertz CT molecular complexity index is 532. The van der Waals surface area contributed by atoms with Gasteiger partial charge in [-0.2, -0.15) is 0 Å². The molecule has 2 rings (SSSR count). The van der Waals surface area contributed by atoms with E-state index in [0.717, 1.165) is 37.4 Å². The summed E-state index contributed by atoms with van der Waals surface area (Å²) in [6, 6.07) is 7.51. The van der Waals surface area contributed by atoms with Crippen molar-refractivity contribution in [2.45, 2.75) is 12.8 Å². The van der Waals surface area contributed by atoms with Gasteiger partial charge in [0.15, 0.2) is 0 Å². The van der Waals surface area contributed by atoms with Crippen molar-refractivity contribution in [3.63, 3.8) is 0 Å². The molecule has 1 heterocycles. The lowest BCUT2D eigenvalue weighted by molar-refractivity contribution is -0.132. The lowest BCUT2D eigenvalue weighted by Gasteiger charge is -2.32. The molecule has 0 atom stereocenters. The van der Waals surface area contributed by atoms with Crippen LogP contribution in [0, 0.1) is 0 Å². The highest BCUT2D eigenvalue weighted by Crippen LogP contribution is 2.12. The van der Waals surface area contributed by atoms with E-state index in [9.17, 15) is 9.59 Å². The van der Waals surface area contributed by atoms with E-state index < -0.39 is 0 Å². The Morgan fingerprint density at radius 1 is 1.04 bits per heavy atom. The molecule has 2 N–H and O–H groups in total. The Morgan fingerprint density at radius 3 is 2.20 bits per heavy atom. The summed E-state index contributed by atoms with van der Waals surface area (Å²) in [6.45, 7) is 4.12. The van der Waals surface area contributed by atoms with Crippen LogP contribution < -0.4 is 10.6 Å². The maximum Gasteiger partial charge on any atom is 0.227 e. The van der Waals surface area contributed by atoms with Crippen LogP contribution in [0.5, 0.6) is 0 Å². The third kappa shape index (κ3) is 8.05. The minimum atomic E-state index is -0.0133. The molecule has 142 valence electrons. The lowest BCUT2D eigenvalue weighted by Crippen LogP contribution is -2.47. The van der Waals surface area contributed by atoms with Crippen molar-refractivity contribution < 1.29 is 9.59 Å². The highest BCUT2D eigenvalue weighted by Gasteiger charge is 2.18. The van der Waals surface area contributed by atoms with E-state index in [1.54, 1.807) is 0 Å². The number of rotatable bonds is 6. The van der Waals surface area contributed by atoms with Gasteiger partial charge in [0, 0.05) is 44.8 Å². The van der Waals surface area contributed by atoms with Crippen molar-refractivity contribution in [1.82, 2.24) is 15.1 Å². The summed E-state index contributed by atoms with van der Waals surface area (Å²) >= 11 is 0. The predicted octanol–water partition coefficient (Wildman–Crippen LogP) is 1.39. The first-order valence-corrected chi connectivity index (χ1v) is 8.08. The molecule has 0 unspecified atom stereocenters. The first-order valence-electron chi connectivity index (χ1n) is 8.08. The summed E-state index contributed by atoms with van der Waals surface area (Å²) in [4.78, 5) is 28.1. The number of likely N-dealkylation sites (N-methyl/N-ethyl adjacent to an activating group) is 1. The van der Waals surface area contributed by atoms with E-state index in [1.807, 2.05) is 36.2 Å². The zero-order valence-electron chi connectivity index (χ0n) is 14.8. The predicted molar refractivity (Wildman–Crippen MR) is 106 cm³/mol. The number of halogens is 2. The topological polar surface area (TPSA) is 64.7 Å². The van der Waals surface area contributed by atoms with Crippen LogP contribution in [0.2, 0.25) is 0 Å². The first kappa shape index (κ1) is 23.7. The van der Waals surface area contributed by atoms with Crippen LogP contribution in [-0.4, -0.2) is 68.4 Å². The molecule has 8 heteroatoms. The second kappa shape index (κ2) is 12.1. The highest BCUT2D eigenvalue weighted by molar-refractivity contribution is 5.90. The van der Waals surface area contributed by atoms with Gasteiger partial charge in [0.05, 0.1) is 6.42 Å². The van der Waals surface area contributed by atoms with E-state index in [-0.39, 0.29) is 36.6 Å². The largest absolute Gasteiger partial charge is 0.340 e. The van der Waals surface area contributed by atoms with Crippen LogP contribution in [0.3, 0.4) is 0 Å². The molecule has 1 aromatic carbocycles. The van der Waals surface area contributed by atoms with Crippen LogP contribution in [0.1, 0.15) is 12.0 Å². The fraction of sp³-hybridized carbons (Fsp3) is 0.529. The number of carbonyl (C=O) groups is 2. The summed E-state index contributed by atoms with van der Waals surface area (Å²) in [5, 5.41) is 5.79. The average molecular weight is 391 g/mol. The van der Waals surface area contributed by atoms with Crippen molar-refractivity contribution >= 4 is 42.3 Å². The fourth-order valence-corrected chi connectivity index (χ4v) is 2.51. The van der Waals surface area contributed by atoms with Crippen LogP contribution in [-0.2, 0) is 16.0 Å². The van der Waals surface area contributed by atoms with Crippen molar-refractivity contribution in [3.05, 3.63) is 29.8 Å². The molecule has 1 fully saturated rings. The Kier molecular flexibility index (Phi) is 11.4. The number of hydrogen-bond donors (Lipinski definition) is 2. The third-order valence-corrected chi connectivity index (χ3v) is 4.05. The molecule has 0 aromatic heterocycles. The molecular formula is C17H28Cl2N4O2. The maximum atomic E-state index is 12.3. The molecule has 2 amide bonds. The number of benzene rings is 1. The second-order valence-electron chi connectivity index (χ2n) is 5.96. The van der Waals surface area contributed by atoms with Gasteiger partial charge in [0.2, 0.25) is 11.8 Å². The monoisotopic (exact) mass is 390 g/mol. The number of nitrogens with one attached hydrogen (secondary N) is 2. The average Bonchev–Trinajstić information content (AvgIpc) is 2.55. The first-order chi connectivity index (χ1) is 11.1. The van der Waals surface area contributed by atoms with Crippen molar-refractivity contribution in [1.29, 1.82) is 0 Å². The van der Waals surface area contributed by atoms with E-state index in [2.05, 4.69) is 22.6 Å². The van der Waals surface area contributed by atoms with E-state index in [0.29, 0.717) is 19.4 Å². The standard InChI is InChI=1S/C17H26N4O2.2ClH/c1-18-8-7-16(22)19-15-5-3-14(4-6-15)13-17(23)21-11-9-20(2)10-12-21;;/h3-6,18H,7-13H2,1-2H3,(H,19,22);2*1H. The smallest absolute Gasteiger partial charge is 0.227 e. The van der Waals surface area contributed by atoms with Gasteiger partial charge in [-0.3, -0.25) is 9.59 Å². The third-order valence-electron chi connectivity index (χ3n) is 4.05.